The predicted octanol–water partition coefficient (Wildman–Crippen LogP) is 6.94. The number of nitrogens with one attached hydrogen (secondary N) is 2. The molecule has 2 aliphatic heterocycles. The average molecular weight is 762 g/mol. The third-order valence-corrected chi connectivity index (χ3v) is 9.53. The Bertz CT molecular complexity index is 1820. The van der Waals surface area contributed by atoms with Crippen LogP contribution in [0.4, 0.5) is 24.7 Å². The first-order chi connectivity index (χ1) is 25.0. The number of amides is 1. The summed E-state index contributed by atoms with van der Waals surface area (Å²) in [5.41, 5.74) is 1.18. The fourth-order valence-corrected chi connectivity index (χ4v) is 7.02. The van der Waals surface area contributed by atoms with Gasteiger partial charge in [0.1, 0.15) is 5.75 Å². The van der Waals surface area contributed by atoms with E-state index < -0.39 is 21.9 Å². The topological polar surface area (TPSA) is 130 Å². The molecule has 6 rings (SSSR count). The van der Waals surface area contributed by atoms with Crippen LogP contribution in [-0.4, -0.2) is 80.1 Å². The monoisotopic (exact) mass is 761 g/mol. The largest absolute Gasteiger partial charge is 0.438 e. The Morgan fingerprint density at radius 1 is 0.942 bits per heavy atom. The number of carbonyl (C=O) groups is 1. The van der Waals surface area contributed by atoms with E-state index in [-0.39, 0.29) is 29.1 Å². The van der Waals surface area contributed by atoms with Gasteiger partial charge in [0.15, 0.2) is 11.5 Å². The van der Waals surface area contributed by atoms with Crippen molar-refractivity contribution in [3.8, 4) is 11.6 Å². The Hall–Kier alpha value is -4.47. The number of anilines is 2. The summed E-state index contributed by atoms with van der Waals surface area (Å²) in [6, 6.07) is 19.6. The number of hydrogen-bond acceptors (Lipinski definition) is 9. The molecule has 2 aliphatic rings. The van der Waals surface area contributed by atoms with E-state index in [9.17, 15) is 26.4 Å². The van der Waals surface area contributed by atoms with Gasteiger partial charge in [-0.05, 0) is 54.2 Å². The highest BCUT2D eigenvalue weighted by Gasteiger charge is 2.33. The van der Waals surface area contributed by atoms with E-state index in [0.717, 1.165) is 30.8 Å². The molecule has 0 atom stereocenters. The first-order valence-electron chi connectivity index (χ1n) is 16.9. The number of pyridine rings is 1. The molecule has 1 amide bonds. The molecule has 0 radical (unpaired) electrons. The van der Waals surface area contributed by atoms with Gasteiger partial charge in [-0.25, -0.2) is 13.4 Å². The lowest BCUT2D eigenvalue weighted by molar-refractivity contribution is -0.141. The molecule has 2 aromatic heterocycles. The van der Waals surface area contributed by atoms with Gasteiger partial charge in [-0.3, -0.25) is 9.52 Å². The number of sulfonamides is 1. The lowest BCUT2D eigenvalue weighted by atomic mass is 9.89. The molecule has 16 heteroatoms. The van der Waals surface area contributed by atoms with Crippen molar-refractivity contribution in [1.29, 1.82) is 0 Å². The number of benzene rings is 2. The minimum Gasteiger partial charge on any atom is -0.438 e. The summed E-state index contributed by atoms with van der Waals surface area (Å²) in [5, 5.41) is 9.95. The molecule has 2 fully saturated rings. The molecule has 0 unspecified atom stereocenters. The first-order valence-corrected chi connectivity index (χ1v) is 19.3. The van der Waals surface area contributed by atoms with Gasteiger partial charge in [0.25, 0.3) is 5.91 Å². The fourth-order valence-electron chi connectivity index (χ4n) is 5.83. The van der Waals surface area contributed by atoms with Crippen LogP contribution < -0.4 is 19.7 Å². The molecule has 2 N–H and O–H groups in total. The second-order valence-electron chi connectivity index (χ2n) is 11.7. The molecule has 2 aromatic carbocycles. The van der Waals surface area contributed by atoms with Crippen molar-refractivity contribution in [3.05, 3.63) is 101 Å². The number of piperidine rings is 1. The number of carbonyl (C=O) groups excluding carboxylic acids is 1. The molecule has 11 nitrogen and oxygen atoms in total. The number of hydrogen-bond donors (Lipinski definition) is 2. The van der Waals surface area contributed by atoms with Gasteiger partial charge in [-0.2, -0.15) is 13.2 Å². The molecule has 0 saturated carbocycles. The van der Waals surface area contributed by atoms with Crippen molar-refractivity contribution in [2.45, 2.75) is 44.5 Å². The maximum atomic E-state index is 13.6. The quantitative estimate of drug-likeness (QED) is 0.174. The molecule has 52 heavy (non-hydrogen) atoms. The first kappa shape index (κ1) is 40.3. The maximum absolute atomic E-state index is 13.6. The highest BCUT2D eigenvalue weighted by atomic mass is 35.5. The molecule has 2 saturated heterocycles. The van der Waals surface area contributed by atoms with E-state index in [1.54, 1.807) is 47.4 Å². The zero-order valence-electron chi connectivity index (χ0n) is 29.2. The smallest absolute Gasteiger partial charge is 0.435 e. The van der Waals surface area contributed by atoms with Crippen molar-refractivity contribution in [2.75, 3.05) is 55.3 Å². The Labute approximate surface area is 307 Å². The third kappa shape index (κ3) is 11.0. The molecule has 4 heterocycles. The van der Waals surface area contributed by atoms with Crippen LogP contribution in [0.15, 0.2) is 79.0 Å². The Balaban J connectivity index is 0.00000146. The van der Waals surface area contributed by atoms with Crippen LogP contribution in [0, 0.1) is 0 Å². The summed E-state index contributed by atoms with van der Waals surface area (Å²) in [5.74, 6) is 0.593. The van der Waals surface area contributed by atoms with Crippen molar-refractivity contribution < 1.29 is 31.1 Å². The minimum atomic E-state index is -4.58. The van der Waals surface area contributed by atoms with Crippen LogP contribution in [-0.2, 0) is 22.0 Å². The van der Waals surface area contributed by atoms with E-state index in [1.165, 1.54) is 12.6 Å². The highest BCUT2D eigenvalue weighted by Crippen LogP contribution is 2.33. The molecule has 0 aliphatic carbocycles. The highest BCUT2D eigenvalue weighted by molar-refractivity contribution is 7.91. The van der Waals surface area contributed by atoms with Crippen molar-refractivity contribution in [1.82, 2.24) is 25.4 Å². The van der Waals surface area contributed by atoms with E-state index in [0.29, 0.717) is 61.7 Å². The Kier molecular flexibility index (Phi) is 14.6. The number of nitrogens with zero attached hydrogens (tertiary/aromatic N) is 5. The Morgan fingerprint density at radius 3 is 2.19 bits per heavy atom. The number of alkyl halides is 4. The van der Waals surface area contributed by atoms with Gasteiger partial charge in [0.2, 0.25) is 15.9 Å². The van der Waals surface area contributed by atoms with Crippen molar-refractivity contribution in [2.24, 2.45) is 0 Å². The van der Waals surface area contributed by atoms with Gasteiger partial charge in [-0.1, -0.05) is 56.3 Å². The van der Waals surface area contributed by atoms with Gasteiger partial charge >= 0.3 is 6.18 Å². The van der Waals surface area contributed by atoms with Crippen LogP contribution in [0.5, 0.6) is 11.6 Å². The number of rotatable bonds is 9. The number of likely N-dealkylation sites (tertiary alicyclic amines) is 1. The molecule has 0 bridgehead atoms. The standard InChI is InChI=1S/C33H34F3N7O4S.C2H6.CH3Cl/c34-33(35,36)29-10-11-30(40-39-29)47-27-8-6-24(7-9-27)25-12-16-43(17-13-25)32(44)26-20-28(31(38-21-26)42-18-14-37-15-19-42)41-48(45,46)22-23-4-2-1-3-5-23;2*1-2/h1-11,20-21,25,37,41H,12-19,22H2;1-2H3;1H3. The lowest BCUT2D eigenvalue weighted by Crippen LogP contribution is -2.44. The van der Waals surface area contributed by atoms with Crippen LogP contribution in [0.1, 0.15) is 59.8 Å². The third-order valence-electron chi connectivity index (χ3n) is 8.28. The normalized spacial score (nSPS) is 15.1. The lowest BCUT2D eigenvalue weighted by Gasteiger charge is -2.33. The van der Waals surface area contributed by atoms with Crippen LogP contribution in [0.3, 0.4) is 0 Å². The predicted molar refractivity (Wildman–Crippen MR) is 197 cm³/mol. The average Bonchev–Trinajstić information content (AvgIpc) is 3.17. The van der Waals surface area contributed by atoms with Gasteiger partial charge < -0.3 is 19.9 Å². The number of halogens is 4. The van der Waals surface area contributed by atoms with Gasteiger partial charge in [-0.15, -0.1) is 21.8 Å². The number of ether oxygens (including phenoxy) is 1. The number of aromatic nitrogens is 3. The maximum Gasteiger partial charge on any atom is 0.435 e. The summed E-state index contributed by atoms with van der Waals surface area (Å²) in [6.45, 7) is 7.76. The number of piperazine rings is 1. The second-order valence-corrected chi connectivity index (χ2v) is 13.4. The van der Waals surface area contributed by atoms with E-state index in [1.807, 2.05) is 36.9 Å². The SMILES string of the molecule is CC.CCl.O=C(c1cnc(N2CCNCC2)c(NS(=O)(=O)Cc2ccccc2)c1)N1CCC(c2ccc(Oc3ccc(C(F)(F)F)nn3)cc2)CC1. The summed E-state index contributed by atoms with van der Waals surface area (Å²) in [7, 11) is -3.80. The minimum absolute atomic E-state index is 0.0508. The molecule has 4 aromatic rings. The van der Waals surface area contributed by atoms with Gasteiger partial charge in [0, 0.05) is 57.9 Å². The summed E-state index contributed by atoms with van der Waals surface area (Å²) < 4.78 is 72.9. The molecule has 0 spiro atoms. The Morgan fingerprint density at radius 2 is 1.60 bits per heavy atom. The summed E-state index contributed by atoms with van der Waals surface area (Å²) >= 11 is 4.64. The summed E-state index contributed by atoms with van der Waals surface area (Å²) in [6.07, 6.45) is -0.176. The zero-order valence-corrected chi connectivity index (χ0v) is 30.8. The van der Waals surface area contributed by atoms with Gasteiger partial charge in [0.05, 0.1) is 17.0 Å². The molecular weight excluding hydrogens is 719 g/mol. The van der Waals surface area contributed by atoms with Crippen molar-refractivity contribution >= 4 is 39.0 Å². The van der Waals surface area contributed by atoms with E-state index >= 15 is 0 Å². The van der Waals surface area contributed by atoms with Crippen molar-refractivity contribution in [3.63, 3.8) is 0 Å². The van der Waals surface area contributed by atoms with Crippen LogP contribution >= 0.6 is 11.6 Å². The fraction of sp³-hybridized carbons (Fsp3) is 0.389. The summed E-state index contributed by atoms with van der Waals surface area (Å²) in [4.78, 5) is 22.0. The zero-order chi connectivity index (χ0) is 37.7. The van der Waals surface area contributed by atoms with Crippen LogP contribution in [0.25, 0.3) is 0 Å². The van der Waals surface area contributed by atoms with Crippen LogP contribution in [0.2, 0.25) is 0 Å². The second kappa shape index (κ2) is 18.9. The molecule has 280 valence electrons. The molecular formula is C36H43ClF3N7O4S. The van der Waals surface area contributed by atoms with E-state index in [2.05, 4.69) is 36.8 Å². The van der Waals surface area contributed by atoms with E-state index in [4.69, 9.17) is 4.74 Å².